The second kappa shape index (κ2) is 2.70. The average Bonchev–Trinajstić information content (AvgIpc) is 2.50. The lowest BCUT2D eigenvalue weighted by Crippen LogP contribution is -2.29. The van der Waals surface area contributed by atoms with Crippen LogP contribution in [0.1, 0.15) is 52.9 Å². The van der Waals surface area contributed by atoms with Gasteiger partial charge in [-0.1, -0.05) is 39.3 Å². The quantitative estimate of drug-likeness (QED) is 0.513. The van der Waals surface area contributed by atoms with E-state index in [1.54, 1.807) is 5.57 Å². The van der Waals surface area contributed by atoms with Crippen LogP contribution in [0.2, 0.25) is 0 Å². The van der Waals surface area contributed by atoms with Crippen LogP contribution in [-0.4, -0.2) is 0 Å². The standard InChI is InChI=1S/C15H24/c1-10-11-6-7-12-13(10)14(2,3)8-5-9-15(11,12)4/h11-13H,1,5-9H2,2-4H3/t11-,12+,13-,15+/m0/s1. The molecule has 4 bridgehead atoms. The maximum atomic E-state index is 4.46. The van der Waals surface area contributed by atoms with E-state index in [2.05, 4.69) is 27.4 Å². The minimum Gasteiger partial charge on any atom is -0.0992 e. The average molecular weight is 204 g/mol. The summed E-state index contributed by atoms with van der Waals surface area (Å²) in [5.41, 5.74) is 2.78. The van der Waals surface area contributed by atoms with Gasteiger partial charge in [0.25, 0.3) is 0 Å². The predicted molar refractivity (Wildman–Crippen MR) is 64.6 cm³/mol. The maximum absolute atomic E-state index is 4.46. The van der Waals surface area contributed by atoms with Crippen molar-refractivity contribution in [3.05, 3.63) is 12.2 Å². The normalized spacial score (nSPS) is 51.9. The lowest BCUT2D eigenvalue weighted by Gasteiger charge is -2.38. The summed E-state index contributed by atoms with van der Waals surface area (Å²) in [6, 6.07) is 0. The molecule has 0 heteroatoms. The highest BCUT2D eigenvalue weighted by atomic mass is 14.7. The van der Waals surface area contributed by atoms with E-state index < -0.39 is 0 Å². The molecule has 0 aliphatic heterocycles. The van der Waals surface area contributed by atoms with Crippen molar-refractivity contribution >= 4 is 0 Å². The molecule has 0 amide bonds. The first-order valence-electron chi connectivity index (χ1n) is 6.65. The number of allylic oxidation sites excluding steroid dienone is 1. The Labute approximate surface area is 94.1 Å². The van der Waals surface area contributed by atoms with Gasteiger partial charge in [-0.15, -0.1) is 0 Å². The molecule has 3 aliphatic carbocycles. The summed E-state index contributed by atoms with van der Waals surface area (Å²) in [4.78, 5) is 0. The Morgan fingerprint density at radius 1 is 1.13 bits per heavy atom. The van der Waals surface area contributed by atoms with Crippen molar-refractivity contribution in [3.8, 4) is 0 Å². The Balaban J connectivity index is 2.10. The molecule has 0 aromatic heterocycles. The minimum atomic E-state index is 0.522. The van der Waals surface area contributed by atoms with Crippen molar-refractivity contribution in [2.24, 2.45) is 28.6 Å². The van der Waals surface area contributed by atoms with Crippen LogP contribution in [-0.2, 0) is 0 Å². The number of rotatable bonds is 0. The first kappa shape index (κ1) is 9.93. The van der Waals surface area contributed by atoms with Crippen molar-refractivity contribution in [1.82, 2.24) is 0 Å². The van der Waals surface area contributed by atoms with E-state index in [-0.39, 0.29) is 0 Å². The second-order valence-electron chi connectivity index (χ2n) is 7.14. The van der Waals surface area contributed by atoms with Gasteiger partial charge in [0.2, 0.25) is 0 Å². The molecule has 3 aliphatic rings. The Kier molecular flexibility index (Phi) is 1.79. The Morgan fingerprint density at radius 3 is 2.60 bits per heavy atom. The molecule has 3 saturated carbocycles. The minimum absolute atomic E-state index is 0.522. The number of hydrogen-bond acceptors (Lipinski definition) is 0. The van der Waals surface area contributed by atoms with Crippen LogP contribution in [0, 0.1) is 28.6 Å². The van der Waals surface area contributed by atoms with E-state index in [1.165, 1.54) is 32.1 Å². The molecule has 0 unspecified atom stereocenters. The van der Waals surface area contributed by atoms with Crippen LogP contribution in [0.5, 0.6) is 0 Å². The van der Waals surface area contributed by atoms with Crippen molar-refractivity contribution < 1.29 is 0 Å². The molecule has 0 N–H and O–H groups in total. The highest BCUT2D eigenvalue weighted by Gasteiger charge is 2.61. The number of hydrogen-bond donors (Lipinski definition) is 0. The fourth-order valence-corrected chi connectivity index (χ4v) is 5.38. The fraction of sp³-hybridized carbons (Fsp3) is 0.867. The predicted octanol–water partition coefficient (Wildman–Crippen LogP) is 4.42. The first-order chi connectivity index (χ1) is 6.97. The molecule has 0 saturated heterocycles. The zero-order valence-electron chi connectivity index (χ0n) is 10.5. The van der Waals surface area contributed by atoms with Gasteiger partial charge in [-0.3, -0.25) is 0 Å². The molecular formula is C15H24. The van der Waals surface area contributed by atoms with E-state index in [1.807, 2.05) is 0 Å². The van der Waals surface area contributed by atoms with Gasteiger partial charge in [0.05, 0.1) is 0 Å². The van der Waals surface area contributed by atoms with Gasteiger partial charge in [0.15, 0.2) is 0 Å². The summed E-state index contributed by atoms with van der Waals surface area (Å²) < 4.78 is 0. The Bertz CT molecular complexity index is 312. The SMILES string of the molecule is C=C1[C@H]2[C@H]3CC[C@@H]1[C@@]3(C)CCCC2(C)C. The first-order valence-corrected chi connectivity index (χ1v) is 6.65. The summed E-state index contributed by atoms with van der Waals surface area (Å²) in [5.74, 6) is 2.67. The van der Waals surface area contributed by atoms with Gasteiger partial charge in [0.1, 0.15) is 0 Å². The molecule has 0 nitrogen and oxygen atoms in total. The largest absolute Gasteiger partial charge is 0.0992 e. The van der Waals surface area contributed by atoms with E-state index in [9.17, 15) is 0 Å². The summed E-state index contributed by atoms with van der Waals surface area (Å²) in [6.07, 6.45) is 7.23. The lowest BCUT2D eigenvalue weighted by molar-refractivity contribution is 0.153. The molecule has 4 atom stereocenters. The topological polar surface area (TPSA) is 0 Å². The highest BCUT2D eigenvalue weighted by molar-refractivity contribution is 5.28. The zero-order chi connectivity index (χ0) is 10.8. The monoisotopic (exact) mass is 204 g/mol. The van der Waals surface area contributed by atoms with Crippen LogP contribution < -0.4 is 0 Å². The fourth-order valence-electron chi connectivity index (χ4n) is 5.38. The highest BCUT2D eigenvalue weighted by Crippen LogP contribution is 2.70. The van der Waals surface area contributed by atoms with Crippen molar-refractivity contribution in [2.75, 3.05) is 0 Å². The summed E-state index contributed by atoms with van der Waals surface area (Å²) in [7, 11) is 0. The van der Waals surface area contributed by atoms with E-state index in [4.69, 9.17) is 0 Å². The van der Waals surface area contributed by atoms with Gasteiger partial charge < -0.3 is 0 Å². The van der Waals surface area contributed by atoms with Crippen LogP contribution >= 0.6 is 0 Å². The molecule has 0 aromatic rings. The van der Waals surface area contributed by atoms with Crippen LogP contribution in [0.3, 0.4) is 0 Å². The van der Waals surface area contributed by atoms with Crippen molar-refractivity contribution in [2.45, 2.75) is 52.9 Å². The third-order valence-corrected chi connectivity index (χ3v) is 6.04. The maximum Gasteiger partial charge on any atom is -0.0118 e. The molecule has 0 aromatic carbocycles. The van der Waals surface area contributed by atoms with Gasteiger partial charge in [-0.05, 0) is 54.3 Å². The molecular weight excluding hydrogens is 180 g/mol. The van der Waals surface area contributed by atoms with E-state index >= 15 is 0 Å². The Morgan fingerprint density at radius 2 is 1.87 bits per heavy atom. The molecule has 3 rings (SSSR count). The van der Waals surface area contributed by atoms with Crippen molar-refractivity contribution in [1.29, 1.82) is 0 Å². The van der Waals surface area contributed by atoms with Gasteiger partial charge in [-0.25, -0.2) is 0 Å². The summed E-state index contributed by atoms with van der Waals surface area (Å²) in [6.45, 7) is 12.0. The molecule has 15 heavy (non-hydrogen) atoms. The molecule has 84 valence electrons. The molecule has 0 heterocycles. The van der Waals surface area contributed by atoms with Crippen LogP contribution in [0.25, 0.3) is 0 Å². The molecule has 0 radical (unpaired) electrons. The third-order valence-electron chi connectivity index (χ3n) is 6.04. The van der Waals surface area contributed by atoms with Crippen molar-refractivity contribution in [3.63, 3.8) is 0 Å². The van der Waals surface area contributed by atoms with Crippen LogP contribution in [0.4, 0.5) is 0 Å². The second-order valence-corrected chi connectivity index (χ2v) is 7.14. The molecule has 3 fully saturated rings. The van der Waals surface area contributed by atoms with Gasteiger partial charge in [-0.2, -0.15) is 0 Å². The van der Waals surface area contributed by atoms with E-state index in [0.29, 0.717) is 10.8 Å². The van der Waals surface area contributed by atoms with Gasteiger partial charge >= 0.3 is 0 Å². The van der Waals surface area contributed by atoms with Gasteiger partial charge in [0, 0.05) is 0 Å². The summed E-state index contributed by atoms with van der Waals surface area (Å²) >= 11 is 0. The summed E-state index contributed by atoms with van der Waals surface area (Å²) in [5, 5.41) is 0. The smallest absolute Gasteiger partial charge is 0.0118 e. The van der Waals surface area contributed by atoms with Crippen LogP contribution in [0.15, 0.2) is 12.2 Å². The Hall–Kier alpha value is -0.260. The third kappa shape index (κ3) is 1.04. The zero-order valence-corrected chi connectivity index (χ0v) is 10.5. The molecule has 0 spiro atoms. The lowest BCUT2D eigenvalue weighted by atomic mass is 9.67. The van der Waals surface area contributed by atoms with E-state index in [0.717, 1.165) is 17.8 Å².